The Morgan fingerprint density at radius 3 is 2.76 bits per heavy atom. The number of thioether (sulfide) groups is 1. The van der Waals surface area contributed by atoms with Crippen molar-refractivity contribution in [3.63, 3.8) is 0 Å². The number of rotatable bonds is 2. The first-order chi connectivity index (χ1) is 9.68. The lowest BCUT2D eigenvalue weighted by Crippen LogP contribution is -2.30. The molecule has 2 aliphatic rings. The Bertz CT molecular complexity index is 624. The molecule has 0 aromatic heterocycles. The molecule has 2 heterocycles. The fourth-order valence-electron chi connectivity index (χ4n) is 2.10. The molecule has 114 valence electrons. The van der Waals surface area contributed by atoms with E-state index in [0.717, 1.165) is 0 Å². The molecule has 4 nitrogen and oxygen atoms in total. The number of fused-ring (bicyclic) bond motifs is 1. The summed E-state index contributed by atoms with van der Waals surface area (Å²) in [6.45, 7) is 3.92. The van der Waals surface area contributed by atoms with E-state index in [2.05, 4.69) is 4.74 Å². The Morgan fingerprint density at radius 2 is 2.14 bits per heavy atom. The van der Waals surface area contributed by atoms with Gasteiger partial charge in [-0.3, -0.25) is 9.63 Å². The number of alkyl halides is 2. The second-order valence-corrected chi connectivity index (χ2v) is 7.08. The number of nitrogens with zero attached hydrogens (tertiary/aromatic N) is 1. The highest BCUT2D eigenvalue weighted by Crippen LogP contribution is 2.50. The van der Waals surface area contributed by atoms with E-state index in [0.29, 0.717) is 22.3 Å². The van der Waals surface area contributed by atoms with Crippen molar-refractivity contribution < 1.29 is 23.1 Å². The van der Waals surface area contributed by atoms with Crippen molar-refractivity contribution in [3.8, 4) is 5.75 Å². The van der Waals surface area contributed by atoms with Crippen molar-refractivity contribution in [1.29, 1.82) is 0 Å². The third-order valence-electron chi connectivity index (χ3n) is 3.27. The summed E-state index contributed by atoms with van der Waals surface area (Å²) in [5, 5.41) is 1.50. The Hall–Kier alpha value is -1.05. The smallest absolute Gasteiger partial charge is 0.423 e. The molecule has 0 aliphatic carbocycles. The molecule has 0 N–H and O–H groups in total. The van der Waals surface area contributed by atoms with E-state index in [9.17, 15) is 13.6 Å². The zero-order chi connectivity index (χ0) is 15.4. The van der Waals surface area contributed by atoms with E-state index in [1.807, 2.05) is 0 Å². The maximum Gasteiger partial charge on any atom is 0.457 e. The summed E-state index contributed by atoms with van der Waals surface area (Å²) in [6, 6.07) is 2.84. The summed E-state index contributed by atoms with van der Waals surface area (Å²) in [6.07, 6.45) is 0. The van der Waals surface area contributed by atoms with E-state index in [1.165, 1.54) is 17.2 Å². The van der Waals surface area contributed by atoms with Crippen LogP contribution in [0.15, 0.2) is 17.0 Å². The summed E-state index contributed by atoms with van der Waals surface area (Å²) < 4.78 is 30.9. The molecule has 3 rings (SSSR count). The average molecular weight is 336 g/mol. The second kappa shape index (κ2) is 4.72. The van der Waals surface area contributed by atoms with Crippen LogP contribution in [0.25, 0.3) is 0 Å². The third-order valence-corrected chi connectivity index (χ3v) is 4.48. The van der Waals surface area contributed by atoms with Crippen LogP contribution in [0.1, 0.15) is 19.4 Å². The van der Waals surface area contributed by atoms with Gasteiger partial charge in [0.2, 0.25) is 0 Å². The number of carbonyl (C=O) groups is 1. The number of hydroxylamine groups is 2. The number of amides is 1. The monoisotopic (exact) mass is 335 g/mol. The maximum absolute atomic E-state index is 13.2. The molecule has 1 saturated heterocycles. The Balaban J connectivity index is 1.84. The zero-order valence-electron chi connectivity index (χ0n) is 11.3. The van der Waals surface area contributed by atoms with Crippen LogP contribution in [-0.2, 0) is 16.2 Å². The molecule has 0 radical (unpaired) electrons. The average Bonchev–Trinajstić information content (AvgIpc) is 2.78. The number of hydrogen-bond acceptors (Lipinski definition) is 4. The molecule has 1 amide bonds. The minimum atomic E-state index is -3.29. The van der Waals surface area contributed by atoms with Gasteiger partial charge in [0.1, 0.15) is 5.75 Å². The molecule has 1 aromatic rings. The van der Waals surface area contributed by atoms with Gasteiger partial charge in [0, 0.05) is 5.02 Å². The van der Waals surface area contributed by atoms with Crippen LogP contribution in [0.3, 0.4) is 0 Å². The molecular formula is C13H12ClF2NO3S. The van der Waals surface area contributed by atoms with Gasteiger partial charge in [-0.1, -0.05) is 11.6 Å². The normalized spacial score (nSPS) is 22.3. The first-order valence-corrected chi connectivity index (χ1v) is 7.40. The Kier molecular flexibility index (Phi) is 3.35. The lowest BCUT2D eigenvalue weighted by molar-refractivity contribution is -0.165. The van der Waals surface area contributed by atoms with Gasteiger partial charge in [-0.25, -0.2) is 5.06 Å². The molecule has 1 aromatic carbocycles. The first-order valence-electron chi connectivity index (χ1n) is 6.21. The van der Waals surface area contributed by atoms with E-state index in [-0.39, 0.29) is 29.7 Å². The lowest BCUT2D eigenvalue weighted by Gasteiger charge is -2.17. The number of benzene rings is 1. The number of carbonyl (C=O) groups excluding carboxylic acids is 1. The highest BCUT2D eigenvalue weighted by atomic mass is 35.5. The summed E-state index contributed by atoms with van der Waals surface area (Å²) in [5.74, 6) is -0.102. The number of halogens is 3. The third kappa shape index (κ3) is 2.69. The van der Waals surface area contributed by atoms with Crippen molar-refractivity contribution in [2.24, 2.45) is 5.41 Å². The van der Waals surface area contributed by atoms with Gasteiger partial charge < -0.3 is 4.74 Å². The van der Waals surface area contributed by atoms with Crippen molar-refractivity contribution >= 4 is 29.3 Å². The van der Waals surface area contributed by atoms with Gasteiger partial charge in [-0.2, -0.15) is 8.78 Å². The fraction of sp³-hybridized carbons (Fsp3) is 0.462. The molecule has 0 bridgehead atoms. The van der Waals surface area contributed by atoms with Crippen molar-refractivity contribution in [1.82, 2.24) is 5.06 Å². The van der Waals surface area contributed by atoms with Crippen LogP contribution < -0.4 is 4.74 Å². The molecule has 0 saturated carbocycles. The molecule has 0 unspecified atom stereocenters. The molecule has 2 aliphatic heterocycles. The Morgan fingerprint density at radius 1 is 1.43 bits per heavy atom. The van der Waals surface area contributed by atoms with Gasteiger partial charge in [-0.05, 0) is 43.3 Å². The number of ether oxygens (including phenoxy) is 1. The minimum Gasteiger partial charge on any atom is -0.423 e. The molecule has 0 spiro atoms. The maximum atomic E-state index is 13.2. The second-order valence-electron chi connectivity index (χ2n) is 5.56. The van der Waals surface area contributed by atoms with Crippen LogP contribution >= 0.6 is 23.4 Å². The number of hydrogen-bond donors (Lipinski definition) is 0. The van der Waals surface area contributed by atoms with Gasteiger partial charge in [-0.15, -0.1) is 0 Å². The van der Waals surface area contributed by atoms with Crippen LogP contribution in [0.4, 0.5) is 8.78 Å². The van der Waals surface area contributed by atoms with E-state index >= 15 is 0 Å². The molecule has 21 heavy (non-hydrogen) atoms. The summed E-state index contributed by atoms with van der Waals surface area (Å²) in [5.41, 5.74) is -3.38. The van der Waals surface area contributed by atoms with Gasteiger partial charge in [0.25, 0.3) is 5.91 Å². The predicted molar refractivity (Wildman–Crippen MR) is 73.2 cm³/mol. The van der Waals surface area contributed by atoms with Gasteiger partial charge in [0.05, 0.1) is 23.5 Å². The highest BCUT2D eigenvalue weighted by molar-refractivity contribution is 8.00. The largest absolute Gasteiger partial charge is 0.457 e. The summed E-state index contributed by atoms with van der Waals surface area (Å²) in [7, 11) is 0. The molecule has 0 atom stereocenters. The summed E-state index contributed by atoms with van der Waals surface area (Å²) >= 11 is 6.40. The first kappa shape index (κ1) is 14.9. The zero-order valence-corrected chi connectivity index (χ0v) is 12.9. The van der Waals surface area contributed by atoms with Crippen molar-refractivity contribution in [2.45, 2.75) is 30.7 Å². The fourth-order valence-corrected chi connectivity index (χ4v) is 3.16. The summed E-state index contributed by atoms with van der Waals surface area (Å²) in [4.78, 5) is 17.7. The van der Waals surface area contributed by atoms with Gasteiger partial charge in [0.15, 0.2) is 0 Å². The molecule has 8 heteroatoms. The predicted octanol–water partition coefficient (Wildman–Crippen LogP) is 3.67. The molecule has 1 fully saturated rings. The quantitative estimate of drug-likeness (QED) is 0.826. The Labute approximate surface area is 129 Å². The molecular weight excluding hydrogens is 324 g/mol. The SMILES string of the molecule is CC1(C)CON(Cc2cc3c(cc2Cl)SC(F)(F)O3)C1=O. The topological polar surface area (TPSA) is 38.8 Å². The standard InChI is InChI=1S/C13H12ClF2NO3S/c1-12(2)6-19-17(11(12)18)5-7-3-9-10(4-8(7)14)21-13(15,16)20-9/h3-4H,5-6H2,1-2H3. The van der Waals surface area contributed by atoms with Gasteiger partial charge >= 0.3 is 5.44 Å². The van der Waals surface area contributed by atoms with Crippen LogP contribution in [0.5, 0.6) is 5.75 Å². The van der Waals surface area contributed by atoms with Crippen LogP contribution in [0, 0.1) is 5.41 Å². The lowest BCUT2D eigenvalue weighted by atomic mass is 9.95. The minimum absolute atomic E-state index is 0.0651. The van der Waals surface area contributed by atoms with E-state index in [4.69, 9.17) is 16.4 Å². The van der Waals surface area contributed by atoms with Crippen molar-refractivity contribution in [2.75, 3.05) is 6.61 Å². The van der Waals surface area contributed by atoms with Crippen LogP contribution in [-0.4, -0.2) is 23.0 Å². The van der Waals surface area contributed by atoms with E-state index < -0.39 is 10.9 Å². The highest BCUT2D eigenvalue weighted by Gasteiger charge is 2.43. The van der Waals surface area contributed by atoms with Crippen LogP contribution in [0.2, 0.25) is 5.02 Å². The van der Waals surface area contributed by atoms with E-state index in [1.54, 1.807) is 13.8 Å². The van der Waals surface area contributed by atoms with Crippen molar-refractivity contribution in [3.05, 3.63) is 22.7 Å².